The van der Waals surface area contributed by atoms with Crippen molar-refractivity contribution in [1.29, 1.82) is 0 Å². The first-order chi connectivity index (χ1) is 10.3. The lowest BCUT2D eigenvalue weighted by atomic mass is 10.0. The minimum Gasteiger partial charge on any atom is -0.444 e. The van der Waals surface area contributed by atoms with Gasteiger partial charge in [0.1, 0.15) is 5.60 Å². The van der Waals surface area contributed by atoms with Crippen LogP contribution in [0.4, 0.5) is 10.5 Å². The molecule has 0 spiro atoms. The van der Waals surface area contributed by atoms with Gasteiger partial charge in [-0.05, 0) is 59.1 Å². The number of rotatable bonds is 3. The molecule has 0 saturated carbocycles. The first kappa shape index (κ1) is 16.7. The molecule has 0 aromatic heterocycles. The zero-order valence-electron chi connectivity index (χ0n) is 14.3. The molecule has 0 aliphatic carbocycles. The summed E-state index contributed by atoms with van der Waals surface area (Å²) in [5.41, 5.74) is 1.83. The molecular weight excluding hydrogens is 276 g/mol. The number of amides is 1. The molecule has 0 bridgehead atoms. The zero-order valence-corrected chi connectivity index (χ0v) is 14.3. The SMILES string of the molecule is CC(C)Nc1ccccc1[C@@H]1CCCN1C(=O)OC(C)(C)C. The van der Waals surface area contributed by atoms with Crippen molar-refractivity contribution in [3.63, 3.8) is 0 Å². The fourth-order valence-electron chi connectivity index (χ4n) is 2.86. The summed E-state index contributed by atoms with van der Waals surface area (Å²) in [5.74, 6) is 0. The van der Waals surface area contributed by atoms with Crippen LogP contribution in [-0.4, -0.2) is 29.2 Å². The monoisotopic (exact) mass is 304 g/mol. The number of hydrogen-bond donors (Lipinski definition) is 1. The van der Waals surface area contributed by atoms with E-state index in [1.807, 2.05) is 37.8 Å². The maximum atomic E-state index is 12.5. The number of ether oxygens (including phenoxy) is 1. The molecule has 1 saturated heterocycles. The smallest absolute Gasteiger partial charge is 0.410 e. The minimum atomic E-state index is -0.458. The predicted molar refractivity (Wildman–Crippen MR) is 90.1 cm³/mol. The van der Waals surface area contributed by atoms with Crippen LogP contribution in [0.1, 0.15) is 59.1 Å². The Balaban J connectivity index is 2.22. The number of anilines is 1. The lowest BCUT2D eigenvalue weighted by Gasteiger charge is -2.30. The van der Waals surface area contributed by atoms with Gasteiger partial charge in [-0.3, -0.25) is 0 Å². The Kier molecular flexibility index (Phi) is 4.99. The summed E-state index contributed by atoms with van der Waals surface area (Å²) in [4.78, 5) is 14.3. The van der Waals surface area contributed by atoms with Gasteiger partial charge in [-0.1, -0.05) is 18.2 Å². The van der Waals surface area contributed by atoms with E-state index < -0.39 is 5.60 Å². The molecule has 4 nitrogen and oxygen atoms in total. The van der Waals surface area contributed by atoms with Crippen molar-refractivity contribution in [2.45, 2.75) is 65.1 Å². The van der Waals surface area contributed by atoms with Gasteiger partial charge in [0.2, 0.25) is 0 Å². The van der Waals surface area contributed by atoms with E-state index in [2.05, 4.69) is 31.3 Å². The highest BCUT2D eigenvalue weighted by molar-refractivity contribution is 5.70. The molecule has 1 amide bonds. The predicted octanol–water partition coefficient (Wildman–Crippen LogP) is 4.58. The van der Waals surface area contributed by atoms with Gasteiger partial charge >= 0.3 is 6.09 Å². The second kappa shape index (κ2) is 6.59. The molecule has 1 aliphatic rings. The van der Waals surface area contributed by atoms with E-state index in [9.17, 15) is 4.79 Å². The lowest BCUT2D eigenvalue weighted by Crippen LogP contribution is -2.36. The summed E-state index contributed by atoms with van der Waals surface area (Å²) in [6, 6.07) is 8.71. The van der Waals surface area contributed by atoms with Crippen molar-refractivity contribution in [2.24, 2.45) is 0 Å². The quantitative estimate of drug-likeness (QED) is 0.888. The molecule has 0 radical (unpaired) electrons. The highest BCUT2D eigenvalue weighted by atomic mass is 16.6. The fraction of sp³-hybridized carbons (Fsp3) is 0.611. The van der Waals surface area contributed by atoms with Crippen LogP contribution >= 0.6 is 0 Å². The van der Waals surface area contributed by atoms with Crippen LogP contribution in [0.5, 0.6) is 0 Å². The van der Waals surface area contributed by atoms with Crippen molar-refractivity contribution in [3.05, 3.63) is 29.8 Å². The summed E-state index contributed by atoms with van der Waals surface area (Å²) < 4.78 is 5.56. The topological polar surface area (TPSA) is 41.6 Å². The van der Waals surface area contributed by atoms with Gasteiger partial charge in [-0.25, -0.2) is 4.79 Å². The average Bonchev–Trinajstić information content (AvgIpc) is 2.85. The molecule has 122 valence electrons. The Morgan fingerprint density at radius 2 is 2.00 bits per heavy atom. The van der Waals surface area contributed by atoms with Gasteiger partial charge in [-0.2, -0.15) is 0 Å². The number of carbonyl (C=O) groups excluding carboxylic acids is 1. The van der Waals surface area contributed by atoms with Crippen LogP contribution < -0.4 is 5.32 Å². The second-order valence-electron chi connectivity index (χ2n) is 7.22. The third kappa shape index (κ3) is 4.15. The van der Waals surface area contributed by atoms with Gasteiger partial charge in [0, 0.05) is 18.3 Å². The lowest BCUT2D eigenvalue weighted by molar-refractivity contribution is 0.0225. The Hall–Kier alpha value is -1.71. The van der Waals surface area contributed by atoms with E-state index in [1.165, 1.54) is 5.56 Å². The Labute approximate surface area is 133 Å². The van der Waals surface area contributed by atoms with Crippen LogP contribution in [-0.2, 0) is 4.74 Å². The van der Waals surface area contributed by atoms with Crippen LogP contribution in [0.3, 0.4) is 0 Å². The van der Waals surface area contributed by atoms with Gasteiger partial charge < -0.3 is 15.0 Å². The van der Waals surface area contributed by atoms with E-state index >= 15 is 0 Å². The van der Waals surface area contributed by atoms with Crippen molar-refractivity contribution in [1.82, 2.24) is 4.90 Å². The number of para-hydroxylation sites is 1. The third-order valence-electron chi connectivity index (χ3n) is 3.64. The normalized spacial score (nSPS) is 18.6. The molecule has 1 fully saturated rings. The van der Waals surface area contributed by atoms with Gasteiger partial charge in [0.15, 0.2) is 0 Å². The molecule has 4 heteroatoms. The molecule has 1 N–H and O–H groups in total. The van der Waals surface area contributed by atoms with Crippen LogP contribution in [0.2, 0.25) is 0 Å². The standard InChI is InChI=1S/C18H28N2O2/c1-13(2)19-15-10-7-6-9-14(15)16-11-8-12-20(16)17(21)22-18(3,4)5/h6-7,9-10,13,16,19H,8,11-12H2,1-5H3/t16-/m0/s1. The molecule has 2 rings (SSSR count). The highest BCUT2D eigenvalue weighted by Gasteiger charge is 2.34. The van der Waals surface area contributed by atoms with E-state index in [0.29, 0.717) is 6.04 Å². The average molecular weight is 304 g/mol. The van der Waals surface area contributed by atoms with Crippen LogP contribution in [0.25, 0.3) is 0 Å². The Bertz CT molecular complexity index is 520. The van der Waals surface area contributed by atoms with E-state index in [1.54, 1.807) is 0 Å². The van der Waals surface area contributed by atoms with E-state index in [0.717, 1.165) is 25.1 Å². The molecule has 22 heavy (non-hydrogen) atoms. The second-order valence-corrected chi connectivity index (χ2v) is 7.22. The fourth-order valence-corrected chi connectivity index (χ4v) is 2.86. The number of nitrogens with zero attached hydrogens (tertiary/aromatic N) is 1. The number of carbonyl (C=O) groups is 1. The van der Waals surface area contributed by atoms with Gasteiger partial charge in [0.25, 0.3) is 0 Å². The summed E-state index contributed by atoms with van der Waals surface area (Å²) in [6.07, 6.45) is 1.78. The molecule has 0 unspecified atom stereocenters. The van der Waals surface area contributed by atoms with Crippen molar-refractivity contribution in [2.75, 3.05) is 11.9 Å². The molecule has 1 aliphatic heterocycles. The van der Waals surface area contributed by atoms with Crippen molar-refractivity contribution in [3.8, 4) is 0 Å². The van der Waals surface area contributed by atoms with Crippen LogP contribution in [0, 0.1) is 0 Å². The van der Waals surface area contributed by atoms with E-state index in [4.69, 9.17) is 4.74 Å². The Morgan fingerprint density at radius 1 is 1.32 bits per heavy atom. The Morgan fingerprint density at radius 3 is 2.64 bits per heavy atom. The minimum absolute atomic E-state index is 0.0947. The maximum Gasteiger partial charge on any atom is 0.410 e. The largest absolute Gasteiger partial charge is 0.444 e. The molecule has 1 heterocycles. The summed E-state index contributed by atoms with van der Waals surface area (Å²) in [5, 5.41) is 3.48. The summed E-state index contributed by atoms with van der Waals surface area (Å²) >= 11 is 0. The number of likely N-dealkylation sites (tertiary alicyclic amines) is 1. The highest BCUT2D eigenvalue weighted by Crippen LogP contribution is 2.37. The summed E-state index contributed by atoms with van der Waals surface area (Å²) in [7, 11) is 0. The number of hydrogen-bond acceptors (Lipinski definition) is 3. The van der Waals surface area contributed by atoms with Crippen LogP contribution in [0.15, 0.2) is 24.3 Å². The summed E-state index contributed by atoms with van der Waals surface area (Å²) in [6.45, 7) is 10.7. The molecular formula is C18H28N2O2. The number of benzene rings is 1. The molecule has 1 aromatic rings. The first-order valence-electron chi connectivity index (χ1n) is 8.13. The van der Waals surface area contributed by atoms with E-state index in [-0.39, 0.29) is 12.1 Å². The van der Waals surface area contributed by atoms with Crippen molar-refractivity contribution < 1.29 is 9.53 Å². The molecule has 1 atom stereocenters. The van der Waals surface area contributed by atoms with Gasteiger partial charge in [-0.15, -0.1) is 0 Å². The van der Waals surface area contributed by atoms with Crippen molar-refractivity contribution >= 4 is 11.8 Å². The first-order valence-corrected chi connectivity index (χ1v) is 8.13. The zero-order chi connectivity index (χ0) is 16.3. The number of nitrogens with one attached hydrogen (secondary N) is 1. The maximum absolute atomic E-state index is 12.5. The van der Waals surface area contributed by atoms with Gasteiger partial charge in [0.05, 0.1) is 6.04 Å². The molecule has 1 aromatic carbocycles. The third-order valence-corrected chi connectivity index (χ3v) is 3.64.